The molecule has 19 heavy (non-hydrogen) atoms. The van der Waals surface area contributed by atoms with Gasteiger partial charge in [-0.2, -0.15) is 0 Å². The van der Waals surface area contributed by atoms with Gasteiger partial charge in [0, 0.05) is 24.8 Å². The van der Waals surface area contributed by atoms with Crippen molar-refractivity contribution in [1.82, 2.24) is 0 Å². The smallest absolute Gasteiger partial charge is 0.248 e. The van der Waals surface area contributed by atoms with Crippen molar-refractivity contribution in [1.29, 1.82) is 0 Å². The zero-order valence-corrected chi connectivity index (χ0v) is 11.5. The summed E-state index contributed by atoms with van der Waals surface area (Å²) >= 11 is 0. The number of ketones is 1. The summed E-state index contributed by atoms with van der Waals surface area (Å²) in [6.07, 6.45) is 0.499. The lowest BCUT2D eigenvalue weighted by atomic mass is 9.95. The van der Waals surface area contributed by atoms with E-state index in [4.69, 9.17) is 0 Å². The average Bonchev–Trinajstić information content (AvgIpc) is 2.68. The third-order valence-corrected chi connectivity index (χ3v) is 3.88. The fraction of sp³-hybridized carbons (Fsp3) is 0.562. The predicted octanol–water partition coefficient (Wildman–Crippen LogP) is 4.82. The lowest BCUT2D eigenvalue weighted by Crippen LogP contribution is -2.12. The van der Waals surface area contributed by atoms with Crippen molar-refractivity contribution in [2.75, 3.05) is 0 Å². The van der Waals surface area contributed by atoms with E-state index < -0.39 is 5.92 Å². The summed E-state index contributed by atoms with van der Waals surface area (Å²) in [6, 6.07) is 7.51. The minimum atomic E-state index is -2.56. The topological polar surface area (TPSA) is 17.1 Å². The maximum atomic E-state index is 13.1. The van der Waals surface area contributed by atoms with Gasteiger partial charge in [-0.25, -0.2) is 8.78 Å². The van der Waals surface area contributed by atoms with Gasteiger partial charge in [-0.1, -0.05) is 38.1 Å². The van der Waals surface area contributed by atoms with Crippen LogP contribution in [0.2, 0.25) is 0 Å². The van der Waals surface area contributed by atoms with Crippen LogP contribution in [0.3, 0.4) is 0 Å². The maximum absolute atomic E-state index is 13.1. The Labute approximate surface area is 113 Å². The molecule has 1 unspecified atom stereocenters. The Morgan fingerprint density at radius 2 is 1.95 bits per heavy atom. The first-order valence-corrected chi connectivity index (χ1v) is 6.88. The lowest BCUT2D eigenvalue weighted by Gasteiger charge is -2.10. The van der Waals surface area contributed by atoms with Crippen LogP contribution in [0.5, 0.6) is 0 Å². The van der Waals surface area contributed by atoms with Crippen LogP contribution < -0.4 is 0 Å². The molecule has 3 heteroatoms. The monoisotopic (exact) mass is 266 g/mol. The number of hydrogen-bond acceptors (Lipinski definition) is 1. The highest BCUT2D eigenvalue weighted by Gasteiger charge is 2.39. The first kappa shape index (κ1) is 14.2. The molecule has 0 aromatic heterocycles. The third-order valence-electron chi connectivity index (χ3n) is 3.88. The minimum Gasteiger partial charge on any atom is -0.294 e. The van der Waals surface area contributed by atoms with E-state index in [9.17, 15) is 13.6 Å². The highest BCUT2D eigenvalue weighted by molar-refractivity contribution is 5.96. The van der Waals surface area contributed by atoms with E-state index in [1.54, 1.807) is 0 Å². The molecule has 0 aliphatic heterocycles. The molecule has 2 rings (SSSR count). The highest BCUT2D eigenvalue weighted by atomic mass is 19.3. The van der Waals surface area contributed by atoms with Crippen LogP contribution in [0.25, 0.3) is 0 Å². The number of hydrogen-bond donors (Lipinski definition) is 0. The number of carbonyl (C=O) groups is 1. The van der Waals surface area contributed by atoms with Gasteiger partial charge in [-0.05, 0) is 23.8 Å². The zero-order chi connectivity index (χ0) is 14.0. The SMILES string of the molecule is CC(C)c1ccc(C(=O)CC2CCC(F)(F)C2)cc1. The van der Waals surface area contributed by atoms with E-state index in [2.05, 4.69) is 13.8 Å². The first-order valence-electron chi connectivity index (χ1n) is 6.88. The molecule has 0 amide bonds. The molecule has 1 aromatic rings. The molecule has 0 radical (unpaired) electrons. The van der Waals surface area contributed by atoms with Gasteiger partial charge in [-0.3, -0.25) is 4.79 Å². The van der Waals surface area contributed by atoms with Gasteiger partial charge in [0.15, 0.2) is 5.78 Å². The fourth-order valence-corrected chi connectivity index (χ4v) is 2.65. The quantitative estimate of drug-likeness (QED) is 0.714. The standard InChI is InChI=1S/C16H20F2O/c1-11(2)13-3-5-14(6-4-13)15(19)9-12-7-8-16(17,18)10-12/h3-6,11-12H,7-10H2,1-2H3. The number of benzene rings is 1. The van der Waals surface area contributed by atoms with Crippen molar-refractivity contribution >= 4 is 5.78 Å². The molecule has 1 saturated carbocycles. The van der Waals surface area contributed by atoms with Crippen LogP contribution >= 0.6 is 0 Å². The Morgan fingerprint density at radius 3 is 2.42 bits per heavy atom. The van der Waals surface area contributed by atoms with Crippen LogP contribution in [-0.2, 0) is 0 Å². The van der Waals surface area contributed by atoms with Gasteiger partial charge in [0.05, 0.1) is 0 Å². The molecular formula is C16H20F2O. The van der Waals surface area contributed by atoms with Crippen molar-refractivity contribution in [3.05, 3.63) is 35.4 Å². The summed E-state index contributed by atoms with van der Waals surface area (Å²) in [7, 11) is 0. The average molecular weight is 266 g/mol. The van der Waals surface area contributed by atoms with Crippen molar-refractivity contribution in [2.24, 2.45) is 5.92 Å². The van der Waals surface area contributed by atoms with Gasteiger partial charge < -0.3 is 0 Å². The zero-order valence-electron chi connectivity index (χ0n) is 11.5. The van der Waals surface area contributed by atoms with Gasteiger partial charge >= 0.3 is 0 Å². The van der Waals surface area contributed by atoms with Gasteiger partial charge in [0.1, 0.15) is 0 Å². The molecule has 0 N–H and O–H groups in total. The maximum Gasteiger partial charge on any atom is 0.248 e. The number of rotatable bonds is 4. The second-order valence-corrected chi connectivity index (χ2v) is 5.87. The van der Waals surface area contributed by atoms with E-state index in [-0.39, 0.29) is 31.0 Å². The molecule has 1 atom stereocenters. The van der Waals surface area contributed by atoms with E-state index in [0.717, 1.165) is 0 Å². The summed E-state index contributed by atoms with van der Waals surface area (Å²) < 4.78 is 26.2. The Balaban J connectivity index is 1.97. The molecule has 1 aliphatic rings. The Hall–Kier alpha value is -1.25. The molecule has 0 bridgehead atoms. The van der Waals surface area contributed by atoms with Gasteiger partial charge in [0.2, 0.25) is 5.92 Å². The first-order chi connectivity index (χ1) is 8.87. The lowest BCUT2D eigenvalue weighted by molar-refractivity contribution is 0.00497. The van der Waals surface area contributed by atoms with Crippen LogP contribution in [0.4, 0.5) is 8.78 Å². The number of halogens is 2. The number of carbonyl (C=O) groups excluding carboxylic acids is 1. The molecule has 1 nitrogen and oxygen atoms in total. The molecule has 1 aliphatic carbocycles. The second kappa shape index (κ2) is 5.40. The highest BCUT2D eigenvalue weighted by Crippen LogP contribution is 2.40. The summed E-state index contributed by atoms with van der Waals surface area (Å²) in [5.74, 6) is -2.31. The van der Waals surface area contributed by atoms with E-state index in [1.807, 2.05) is 24.3 Å². The van der Waals surface area contributed by atoms with E-state index in [1.165, 1.54) is 5.56 Å². The van der Waals surface area contributed by atoms with Crippen LogP contribution in [-0.4, -0.2) is 11.7 Å². The van der Waals surface area contributed by atoms with Crippen molar-refractivity contribution in [3.63, 3.8) is 0 Å². The van der Waals surface area contributed by atoms with E-state index >= 15 is 0 Å². The molecule has 1 aromatic carbocycles. The van der Waals surface area contributed by atoms with Crippen LogP contribution in [0.15, 0.2) is 24.3 Å². The minimum absolute atomic E-state index is 0.0157. The van der Waals surface area contributed by atoms with Crippen molar-refractivity contribution in [3.8, 4) is 0 Å². The number of alkyl halides is 2. The third kappa shape index (κ3) is 3.62. The molecule has 1 fully saturated rings. The van der Waals surface area contributed by atoms with Crippen molar-refractivity contribution < 1.29 is 13.6 Å². The predicted molar refractivity (Wildman–Crippen MR) is 71.8 cm³/mol. The summed E-state index contributed by atoms with van der Waals surface area (Å²) in [5, 5.41) is 0. The fourth-order valence-electron chi connectivity index (χ4n) is 2.65. The molecule has 0 spiro atoms. The number of Topliss-reactive ketones (excluding diaryl/α,β-unsaturated/α-hetero) is 1. The molecule has 0 heterocycles. The summed E-state index contributed by atoms with van der Waals surface area (Å²) in [5.41, 5.74) is 1.82. The van der Waals surface area contributed by atoms with Crippen LogP contribution in [0.1, 0.15) is 61.4 Å². The largest absolute Gasteiger partial charge is 0.294 e. The van der Waals surface area contributed by atoms with Crippen molar-refractivity contribution in [2.45, 2.75) is 51.4 Å². The Morgan fingerprint density at radius 1 is 1.32 bits per heavy atom. The molecular weight excluding hydrogens is 246 g/mol. The molecule has 104 valence electrons. The molecule has 0 saturated heterocycles. The summed E-state index contributed by atoms with van der Waals surface area (Å²) in [4.78, 5) is 12.0. The van der Waals surface area contributed by atoms with Crippen LogP contribution in [0, 0.1) is 5.92 Å². The van der Waals surface area contributed by atoms with E-state index in [0.29, 0.717) is 17.9 Å². The van der Waals surface area contributed by atoms with Gasteiger partial charge in [0.25, 0.3) is 0 Å². The Bertz CT molecular complexity index is 448. The summed E-state index contributed by atoms with van der Waals surface area (Å²) in [6.45, 7) is 4.19. The van der Waals surface area contributed by atoms with Gasteiger partial charge in [-0.15, -0.1) is 0 Å². The Kier molecular flexibility index (Phi) is 4.02. The normalized spacial score (nSPS) is 21.8. The second-order valence-electron chi connectivity index (χ2n) is 5.87.